The number of nitrogens with two attached hydrogens (primary N) is 1. The molecule has 0 amide bonds. The summed E-state index contributed by atoms with van der Waals surface area (Å²) in [6.07, 6.45) is 6.87. The van der Waals surface area contributed by atoms with Crippen molar-refractivity contribution in [3.8, 4) is 23.3 Å². The third-order valence-corrected chi connectivity index (χ3v) is 5.50. The number of pyridine rings is 1. The zero-order valence-electron chi connectivity index (χ0n) is 17.5. The van der Waals surface area contributed by atoms with Gasteiger partial charge in [-0.25, -0.2) is 0 Å². The van der Waals surface area contributed by atoms with Crippen molar-refractivity contribution in [3.63, 3.8) is 0 Å². The van der Waals surface area contributed by atoms with Gasteiger partial charge in [-0.15, -0.1) is 0 Å². The Balaban J connectivity index is 1.53. The highest BCUT2D eigenvalue weighted by molar-refractivity contribution is 5.88. The first-order valence-electron chi connectivity index (χ1n) is 10.6. The second-order valence-corrected chi connectivity index (χ2v) is 7.63. The molecule has 31 heavy (non-hydrogen) atoms. The molecule has 0 atom stereocenters. The van der Waals surface area contributed by atoms with Gasteiger partial charge < -0.3 is 20.1 Å². The Labute approximate surface area is 182 Å². The smallest absolute Gasteiger partial charge is 0.139 e. The van der Waals surface area contributed by atoms with Crippen LogP contribution in [0.3, 0.4) is 0 Å². The van der Waals surface area contributed by atoms with E-state index >= 15 is 0 Å². The summed E-state index contributed by atoms with van der Waals surface area (Å²) in [4.78, 5) is 6.90. The lowest BCUT2D eigenvalue weighted by Gasteiger charge is -2.15. The van der Waals surface area contributed by atoms with Crippen molar-refractivity contribution < 1.29 is 9.47 Å². The molecule has 0 unspecified atom stereocenters. The summed E-state index contributed by atoms with van der Waals surface area (Å²) in [7, 11) is 0. The number of nitrogen functional groups attached to an aromatic ring is 1. The van der Waals surface area contributed by atoms with E-state index in [9.17, 15) is 5.26 Å². The van der Waals surface area contributed by atoms with E-state index in [-0.39, 0.29) is 0 Å². The maximum absolute atomic E-state index is 9.66. The molecule has 1 aliphatic rings. The normalized spacial score (nSPS) is 13.8. The average molecular weight is 415 g/mol. The van der Waals surface area contributed by atoms with Gasteiger partial charge >= 0.3 is 0 Å². The molecule has 1 aromatic heterocycles. The summed E-state index contributed by atoms with van der Waals surface area (Å²) in [5.74, 6) is 1.81. The first-order chi connectivity index (χ1) is 15.2. The maximum atomic E-state index is 9.66. The maximum Gasteiger partial charge on any atom is 0.139 e. The van der Waals surface area contributed by atoms with Crippen LogP contribution >= 0.6 is 0 Å². The van der Waals surface area contributed by atoms with Crippen LogP contribution in [0.5, 0.6) is 17.2 Å². The molecule has 0 saturated carbocycles. The van der Waals surface area contributed by atoms with E-state index in [0.29, 0.717) is 40.6 Å². The Morgan fingerprint density at radius 1 is 1.16 bits per heavy atom. The molecule has 1 aliphatic heterocycles. The second-order valence-electron chi connectivity index (χ2n) is 7.63. The number of hydrogen-bond donors (Lipinski definition) is 1. The van der Waals surface area contributed by atoms with Crippen molar-refractivity contribution in [1.29, 1.82) is 5.26 Å². The highest BCUT2D eigenvalue weighted by Crippen LogP contribution is 2.34. The molecule has 2 aromatic carbocycles. The SMILES string of the molecule is C=Cc1cc(Oc2ccnc3cc(OCCCN4CCCC4)c(C#N)cc23)ccc1N. The van der Waals surface area contributed by atoms with Crippen molar-refractivity contribution in [1.82, 2.24) is 9.88 Å². The molecule has 6 heteroatoms. The van der Waals surface area contributed by atoms with Crippen LogP contribution in [0.15, 0.2) is 49.2 Å². The number of fused-ring (bicyclic) bond motifs is 1. The number of hydrogen-bond acceptors (Lipinski definition) is 6. The van der Waals surface area contributed by atoms with Crippen LogP contribution in [-0.2, 0) is 0 Å². The van der Waals surface area contributed by atoms with E-state index in [1.807, 2.05) is 12.1 Å². The quantitative estimate of drug-likeness (QED) is 0.413. The molecule has 0 radical (unpaired) electrons. The molecule has 0 aliphatic carbocycles. The fourth-order valence-electron chi connectivity index (χ4n) is 3.84. The van der Waals surface area contributed by atoms with Crippen molar-refractivity contribution >= 4 is 22.7 Å². The number of nitriles is 1. The second kappa shape index (κ2) is 9.50. The highest BCUT2D eigenvalue weighted by Gasteiger charge is 2.13. The molecular formula is C25H26N4O2. The first-order valence-corrected chi connectivity index (χ1v) is 10.6. The summed E-state index contributed by atoms with van der Waals surface area (Å²) >= 11 is 0. The molecule has 4 rings (SSSR count). The lowest BCUT2D eigenvalue weighted by atomic mass is 10.1. The fraction of sp³-hybridized carbons (Fsp3) is 0.280. The molecule has 0 bridgehead atoms. The largest absolute Gasteiger partial charge is 0.492 e. The van der Waals surface area contributed by atoms with Gasteiger partial charge in [-0.3, -0.25) is 4.98 Å². The van der Waals surface area contributed by atoms with E-state index in [1.165, 1.54) is 25.9 Å². The summed E-state index contributed by atoms with van der Waals surface area (Å²) in [5.41, 5.74) is 8.56. The number of aromatic nitrogens is 1. The molecule has 3 aromatic rings. The average Bonchev–Trinajstić information content (AvgIpc) is 3.31. The summed E-state index contributed by atoms with van der Waals surface area (Å²) in [6, 6.07) is 13.0. The first kappa shape index (κ1) is 20.7. The van der Waals surface area contributed by atoms with Gasteiger partial charge in [0, 0.05) is 35.4 Å². The topological polar surface area (TPSA) is 84.4 Å². The minimum absolute atomic E-state index is 0.468. The minimum Gasteiger partial charge on any atom is -0.492 e. The number of anilines is 1. The molecular weight excluding hydrogens is 388 g/mol. The molecule has 6 nitrogen and oxygen atoms in total. The third-order valence-electron chi connectivity index (χ3n) is 5.50. The Hall–Kier alpha value is -3.56. The van der Waals surface area contributed by atoms with Gasteiger partial charge in [0.05, 0.1) is 17.7 Å². The van der Waals surface area contributed by atoms with Crippen molar-refractivity contribution in [3.05, 3.63) is 60.3 Å². The fourth-order valence-corrected chi connectivity index (χ4v) is 3.84. The minimum atomic E-state index is 0.468. The van der Waals surface area contributed by atoms with Gasteiger partial charge in [-0.2, -0.15) is 5.26 Å². The Kier molecular flexibility index (Phi) is 6.34. The van der Waals surface area contributed by atoms with Gasteiger partial charge in [0.15, 0.2) is 0 Å². The monoisotopic (exact) mass is 414 g/mol. The third kappa shape index (κ3) is 4.79. The predicted octanol–water partition coefficient (Wildman–Crippen LogP) is 4.99. The van der Waals surface area contributed by atoms with Crippen molar-refractivity contribution in [2.45, 2.75) is 19.3 Å². The molecule has 2 heterocycles. The number of ether oxygens (including phenoxy) is 2. The van der Waals surface area contributed by atoms with Gasteiger partial charge in [-0.1, -0.05) is 12.7 Å². The zero-order chi connectivity index (χ0) is 21.6. The highest BCUT2D eigenvalue weighted by atomic mass is 16.5. The molecule has 2 N–H and O–H groups in total. The Morgan fingerprint density at radius 3 is 2.77 bits per heavy atom. The molecule has 158 valence electrons. The van der Waals surface area contributed by atoms with Crippen LogP contribution in [0.4, 0.5) is 5.69 Å². The number of likely N-dealkylation sites (tertiary alicyclic amines) is 1. The van der Waals surface area contributed by atoms with Crippen LogP contribution in [0.25, 0.3) is 17.0 Å². The van der Waals surface area contributed by atoms with Crippen LogP contribution in [0, 0.1) is 11.3 Å². The van der Waals surface area contributed by atoms with Crippen LogP contribution in [0.2, 0.25) is 0 Å². The van der Waals surface area contributed by atoms with E-state index in [4.69, 9.17) is 15.2 Å². The Bertz CT molecular complexity index is 1130. The standard InChI is InChI=1S/C25H26N4O2/c1-2-18-14-20(6-7-22(18)27)31-24-8-9-28-23-16-25(19(17-26)15-21(23)24)30-13-5-12-29-10-3-4-11-29/h2,6-9,14-16H,1,3-5,10-13,27H2. The molecule has 0 spiro atoms. The number of rotatable bonds is 8. The van der Waals surface area contributed by atoms with Crippen molar-refractivity contribution in [2.75, 3.05) is 32.0 Å². The van der Waals surface area contributed by atoms with Crippen LogP contribution in [0.1, 0.15) is 30.4 Å². The van der Waals surface area contributed by atoms with Gasteiger partial charge in [0.25, 0.3) is 0 Å². The van der Waals surface area contributed by atoms with E-state index < -0.39 is 0 Å². The van der Waals surface area contributed by atoms with Gasteiger partial charge in [0.1, 0.15) is 23.3 Å². The molecule has 1 fully saturated rings. The van der Waals surface area contributed by atoms with Gasteiger partial charge in [-0.05, 0) is 62.7 Å². The molecule has 1 saturated heterocycles. The lowest BCUT2D eigenvalue weighted by molar-refractivity contribution is 0.263. The van der Waals surface area contributed by atoms with E-state index in [0.717, 1.165) is 23.9 Å². The van der Waals surface area contributed by atoms with Crippen molar-refractivity contribution in [2.24, 2.45) is 0 Å². The van der Waals surface area contributed by atoms with Crippen LogP contribution in [-0.4, -0.2) is 36.1 Å². The summed E-state index contributed by atoms with van der Waals surface area (Å²) in [6.45, 7) is 7.73. The zero-order valence-corrected chi connectivity index (χ0v) is 17.5. The van der Waals surface area contributed by atoms with E-state index in [2.05, 4.69) is 22.5 Å². The van der Waals surface area contributed by atoms with Crippen LogP contribution < -0.4 is 15.2 Å². The number of benzene rings is 2. The summed E-state index contributed by atoms with van der Waals surface area (Å²) in [5, 5.41) is 10.4. The Morgan fingerprint density at radius 2 is 2.00 bits per heavy atom. The number of nitrogens with zero attached hydrogens (tertiary/aromatic N) is 3. The predicted molar refractivity (Wildman–Crippen MR) is 123 cm³/mol. The van der Waals surface area contributed by atoms with Gasteiger partial charge in [0.2, 0.25) is 0 Å². The van der Waals surface area contributed by atoms with E-state index in [1.54, 1.807) is 36.5 Å². The summed E-state index contributed by atoms with van der Waals surface area (Å²) < 4.78 is 12.0. The lowest BCUT2D eigenvalue weighted by Crippen LogP contribution is -2.22.